The van der Waals surface area contributed by atoms with Crippen molar-refractivity contribution < 1.29 is 13.5 Å². The maximum absolute atomic E-state index is 11.8. The van der Waals surface area contributed by atoms with E-state index in [0.717, 1.165) is 32.9 Å². The van der Waals surface area contributed by atoms with Crippen LogP contribution in [-0.4, -0.2) is 28.2 Å². The van der Waals surface area contributed by atoms with E-state index >= 15 is 0 Å². The van der Waals surface area contributed by atoms with Crippen molar-refractivity contribution in [3.63, 3.8) is 0 Å². The minimum absolute atomic E-state index is 0.320. The molecule has 1 fully saturated rings. The SMILES string of the molecule is [O-]/[N+](=C\c1cnc(SCCC=C(F)F)s1)CC1CC1. The number of thiazole rings is 1. The van der Waals surface area contributed by atoms with Crippen LogP contribution in [0.1, 0.15) is 24.1 Å². The minimum Gasteiger partial charge on any atom is -0.624 e. The van der Waals surface area contributed by atoms with Crippen molar-refractivity contribution in [1.29, 1.82) is 0 Å². The minimum atomic E-state index is -1.64. The zero-order valence-corrected chi connectivity index (χ0v) is 11.9. The average Bonchev–Trinajstić information content (AvgIpc) is 3.03. The van der Waals surface area contributed by atoms with Gasteiger partial charge in [-0.25, -0.2) is 9.72 Å². The van der Waals surface area contributed by atoms with Crippen molar-refractivity contribution in [1.82, 2.24) is 4.98 Å². The number of hydroxylamine groups is 1. The van der Waals surface area contributed by atoms with Crippen LogP contribution in [0.4, 0.5) is 8.78 Å². The molecule has 1 saturated carbocycles. The Morgan fingerprint density at radius 1 is 1.58 bits per heavy atom. The van der Waals surface area contributed by atoms with Crippen molar-refractivity contribution in [3.8, 4) is 0 Å². The van der Waals surface area contributed by atoms with Gasteiger partial charge in [-0.1, -0.05) is 11.8 Å². The van der Waals surface area contributed by atoms with E-state index in [1.165, 1.54) is 23.1 Å². The maximum atomic E-state index is 11.8. The third kappa shape index (κ3) is 5.69. The van der Waals surface area contributed by atoms with Crippen molar-refractivity contribution in [3.05, 3.63) is 28.4 Å². The van der Waals surface area contributed by atoms with E-state index in [9.17, 15) is 14.0 Å². The second-order valence-corrected chi connectivity index (χ2v) is 6.74. The Labute approximate surface area is 118 Å². The Bertz CT molecular complexity index is 480. The molecule has 1 aromatic rings. The zero-order valence-electron chi connectivity index (χ0n) is 10.2. The molecule has 2 rings (SSSR count). The van der Waals surface area contributed by atoms with Crippen LogP contribution in [0.2, 0.25) is 0 Å². The van der Waals surface area contributed by atoms with Crippen LogP contribution in [0.25, 0.3) is 0 Å². The van der Waals surface area contributed by atoms with Gasteiger partial charge in [-0.3, -0.25) is 0 Å². The largest absolute Gasteiger partial charge is 0.624 e. The van der Waals surface area contributed by atoms with E-state index in [4.69, 9.17) is 0 Å². The molecule has 0 amide bonds. The van der Waals surface area contributed by atoms with Crippen molar-refractivity contribution >= 4 is 29.3 Å². The summed E-state index contributed by atoms with van der Waals surface area (Å²) in [6.45, 7) is 0.556. The monoisotopic (exact) mass is 304 g/mol. The van der Waals surface area contributed by atoms with Crippen LogP contribution in [0, 0.1) is 11.1 Å². The van der Waals surface area contributed by atoms with Crippen molar-refractivity contribution in [2.24, 2.45) is 5.92 Å². The van der Waals surface area contributed by atoms with Gasteiger partial charge in [-0.15, -0.1) is 11.3 Å². The lowest BCUT2D eigenvalue weighted by atomic mass is 10.4. The average molecular weight is 304 g/mol. The predicted octanol–water partition coefficient (Wildman–Crippen LogP) is 3.74. The van der Waals surface area contributed by atoms with E-state index in [-0.39, 0.29) is 0 Å². The lowest BCUT2D eigenvalue weighted by Gasteiger charge is -2.00. The highest BCUT2D eigenvalue weighted by Crippen LogP contribution is 2.29. The Hall–Kier alpha value is -0.950. The molecule has 19 heavy (non-hydrogen) atoms. The summed E-state index contributed by atoms with van der Waals surface area (Å²) in [5.74, 6) is 1.12. The lowest BCUT2D eigenvalue weighted by Crippen LogP contribution is -2.08. The van der Waals surface area contributed by atoms with E-state index in [0.29, 0.717) is 24.6 Å². The third-order valence-electron chi connectivity index (χ3n) is 2.55. The second-order valence-electron chi connectivity index (χ2n) is 4.33. The Morgan fingerprint density at radius 2 is 2.37 bits per heavy atom. The highest BCUT2D eigenvalue weighted by atomic mass is 32.2. The maximum Gasteiger partial charge on any atom is 0.266 e. The summed E-state index contributed by atoms with van der Waals surface area (Å²) in [7, 11) is 0. The van der Waals surface area contributed by atoms with Crippen molar-refractivity contribution in [2.45, 2.75) is 23.6 Å². The molecule has 0 atom stereocenters. The topological polar surface area (TPSA) is 39.0 Å². The van der Waals surface area contributed by atoms with E-state index < -0.39 is 6.08 Å². The first kappa shape index (κ1) is 14.5. The van der Waals surface area contributed by atoms with E-state index in [2.05, 4.69) is 4.98 Å². The summed E-state index contributed by atoms with van der Waals surface area (Å²) in [6.07, 6.45) is 5.08. The molecule has 1 aliphatic carbocycles. The van der Waals surface area contributed by atoms with Gasteiger partial charge in [0, 0.05) is 11.7 Å². The molecule has 0 N–H and O–H groups in total. The van der Waals surface area contributed by atoms with Crippen LogP contribution < -0.4 is 0 Å². The summed E-state index contributed by atoms with van der Waals surface area (Å²) in [6, 6.07) is 0. The first-order chi connectivity index (χ1) is 9.13. The van der Waals surface area contributed by atoms with Gasteiger partial charge in [0.05, 0.1) is 6.20 Å². The quantitative estimate of drug-likeness (QED) is 0.192. The molecule has 1 heterocycles. The molecule has 1 aromatic heterocycles. The third-order valence-corrected chi connectivity index (χ3v) is 4.67. The van der Waals surface area contributed by atoms with Crippen LogP contribution in [0.15, 0.2) is 22.7 Å². The Balaban J connectivity index is 1.79. The molecule has 0 spiro atoms. The number of nitrogens with zero attached hydrogens (tertiary/aromatic N) is 2. The Kier molecular flexibility index (Phi) is 5.33. The summed E-state index contributed by atoms with van der Waals surface area (Å²) in [4.78, 5) is 4.97. The summed E-state index contributed by atoms with van der Waals surface area (Å²) in [5.41, 5.74) is 0. The van der Waals surface area contributed by atoms with Gasteiger partial charge in [-0.2, -0.15) is 8.78 Å². The van der Waals surface area contributed by atoms with Gasteiger partial charge < -0.3 is 5.21 Å². The van der Waals surface area contributed by atoms with Crippen LogP contribution in [-0.2, 0) is 0 Å². The molecule has 0 bridgehead atoms. The molecule has 3 nitrogen and oxygen atoms in total. The number of allylic oxidation sites excluding steroid dienone is 1. The Morgan fingerprint density at radius 3 is 3.05 bits per heavy atom. The zero-order chi connectivity index (χ0) is 13.7. The first-order valence-electron chi connectivity index (χ1n) is 6.02. The molecule has 0 saturated heterocycles. The van der Waals surface area contributed by atoms with E-state index in [1.807, 2.05) is 0 Å². The van der Waals surface area contributed by atoms with Gasteiger partial charge in [-0.05, 0) is 25.3 Å². The number of hydrogen-bond donors (Lipinski definition) is 0. The number of halogens is 2. The fourth-order valence-electron chi connectivity index (χ4n) is 1.46. The molecular weight excluding hydrogens is 290 g/mol. The number of thioether (sulfide) groups is 1. The van der Waals surface area contributed by atoms with Gasteiger partial charge in [0.15, 0.2) is 17.1 Å². The highest BCUT2D eigenvalue weighted by Gasteiger charge is 2.25. The first-order valence-corrected chi connectivity index (χ1v) is 7.82. The van der Waals surface area contributed by atoms with Crippen LogP contribution in [0.3, 0.4) is 0 Å². The molecule has 0 aliphatic heterocycles. The normalized spacial score (nSPS) is 15.6. The molecule has 7 heteroatoms. The number of rotatable bonds is 7. The summed E-state index contributed by atoms with van der Waals surface area (Å²) in [5, 5.41) is 11.5. The van der Waals surface area contributed by atoms with Gasteiger partial charge in [0.1, 0.15) is 4.88 Å². The number of hydrogen-bond acceptors (Lipinski definition) is 4. The molecule has 0 radical (unpaired) electrons. The highest BCUT2D eigenvalue weighted by molar-refractivity contribution is 8.01. The fraction of sp³-hybridized carbons (Fsp3) is 0.500. The molecule has 1 aliphatic rings. The van der Waals surface area contributed by atoms with Gasteiger partial charge in [0.25, 0.3) is 6.08 Å². The molecule has 0 unspecified atom stereocenters. The summed E-state index contributed by atoms with van der Waals surface area (Å²) < 4.78 is 25.4. The fourth-order valence-corrected chi connectivity index (χ4v) is 3.35. The smallest absolute Gasteiger partial charge is 0.266 e. The predicted molar refractivity (Wildman–Crippen MR) is 74.1 cm³/mol. The number of aromatic nitrogens is 1. The van der Waals surface area contributed by atoms with E-state index in [1.54, 1.807) is 12.4 Å². The van der Waals surface area contributed by atoms with Crippen LogP contribution >= 0.6 is 23.1 Å². The van der Waals surface area contributed by atoms with Crippen molar-refractivity contribution in [2.75, 3.05) is 12.3 Å². The summed E-state index contributed by atoms with van der Waals surface area (Å²) >= 11 is 2.84. The molecule has 104 valence electrons. The molecule has 0 aromatic carbocycles. The van der Waals surface area contributed by atoms with Gasteiger partial charge in [0.2, 0.25) is 0 Å². The molecular formula is C12H14F2N2OS2. The standard InChI is InChI=1S/C12H14F2N2OS2/c13-11(14)2-1-5-18-12-15-6-10(19-12)8-16(17)7-9-3-4-9/h2,6,8-9H,1,3-5,7H2/b16-8-. The van der Waals surface area contributed by atoms with Crippen LogP contribution in [0.5, 0.6) is 0 Å². The lowest BCUT2D eigenvalue weighted by molar-refractivity contribution is -0.456. The van der Waals surface area contributed by atoms with Gasteiger partial charge >= 0.3 is 0 Å². The second kappa shape index (κ2) is 7.00.